The molecule has 1 N–H and O–H groups in total. The molecular weight excluding hydrogens is 460 g/mol. The van der Waals surface area contributed by atoms with Crippen molar-refractivity contribution >= 4 is 33.2 Å². The monoisotopic (exact) mass is 486 g/mol. The van der Waals surface area contributed by atoms with Crippen LogP contribution in [0.25, 0.3) is 49.7 Å². The summed E-state index contributed by atoms with van der Waals surface area (Å²) in [6.07, 6.45) is 0. The van der Waals surface area contributed by atoms with Gasteiger partial charge in [0.05, 0.1) is 11.0 Å². The van der Waals surface area contributed by atoms with Crippen molar-refractivity contribution in [2.75, 3.05) is 5.32 Å². The number of aromatic nitrogens is 1. The highest BCUT2D eigenvalue weighted by Gasteiger charge is 2.16. The van der Waals surface area contributed by atoms with Gasteiger partial charge in [-0.1, -0.05) is 97.1 Å². The highest BCUT2D eigenvalue weighted by Crippen LogP contribution is 2.39. The van der Waals surface area contributed by atoms with Gasteiger partial charge in [0.15, 0.2) is 0 Å². The van der Waals surface area contributed by atoms with Crippen molar-refractivity contribution in [1.82, 2.24) is 4.57 Å². The van der Waals surface area contributed by atoms with E-state index >= 15 is 0 Å². The third kappa shape index (κ3) is 3.93. The molecular formula is C36H26N2. The van der Waals surface area contributed by atoms with Crippen LogP contribution in [0.3, 0.4) is 0 Å². The first-order valence-corrected chi connectivity index (χ1v) is 13.0. The largest absolute Gasteiger partial charge is 0.356 e. The first-order valence-electron chi connectivity index (χ1n) is 13.0. The molecule has 7 aromatic rings. The predicted octanol–water partition coefficient (Wildman–Crippen LogP) is 9.86. The van der Waals surface area contributed by atoms with Crippen molar-refractivity contribution in [2.24, 2.45) is 0 Å². The lowest BCUT2D eigenvalue weighted by molar-refractivity contribution is 1.18. The zero-order chi connectivity index (χ0) is 25.3. The zero-order valence-corrected chi connectivity index (χ0v) is 20.9. The average Bonchev–Trinajstić information content (AvgIpc) is 3.33. The molecule has 180 valence electrons. The molecule has 1 heterocycles. The topological polar surface area (TPSA) is 17.0 Å². The van der Waals surface area contributed by atoms with Crippen LogP contribution in [0, 0.1) is 0 Å². The molecule has 1 aromatic heterocycles. The molecule has 7 rings (SSSR count). The minimum Gasteiger partial charge on any atom is -0.356 e. The van der Waals surface area contributed by atoms with Gasteiger partial charge in [0.1, 0.15) is 0 Å². The lowest BCUT2D eigenvalue weighted by Crippen LogP contribution is -1.93. The summed E-state index contributed by atoms with van der Waals surface area (Å²) < 4.78 is 2.37. The maximum Gasteiger partial charge on any atom is 0.0547 e. The summed E-state index contributed by atoms with van der Waals surface area (Å²) >= 11 is 0. The van der Waals surface area contributed by atoms with Crippen LogP contribution in [-0.4, -0.2) is 4.57 Å². The quantitative estimate of drug-likeness (QED) is 0.256. The van der Waals surface area contributed by atoms with E-state index in [1.54, 1.807) is 0 Å². The molecule has 0 unspecified atom stereocenters. The summed E-state index contributed by atoms with van der Waals surface area (Å²) in [4.78, 5) is 0. The molecule has 38 heavy (non-hydrogen) atoms. The molecule has 0 spiro atoms. The molecule has 0 fully saturated rings. The minimum absolute atomic E-state index is 1.08. The van der Waals surface area contributed by atoms with E-state index in [1.165, 1.54) is 49.7 Å². The van der Waals surface area contributed by atoms with E-state index in [1.807, 2.05) is 18.2 Å². The van der Waals surface area contributed by atoms with Gasteiger partial charge in [0.25, 0.3) is 0 Å². The Hall–Kier alpha value is -5.08. The number of hydrogen-bond acceptors (Lipinski definition) is 1. The summed E-state index contributed by atoms with van der Waals surface area (Å²) in [6.45, 7) is 0. The molecule has 6 aromatic carbocycles. The number of hydrogen-bond donors (Lipinski definition) is 1. The Bertz CT molecular complexity index is 1880. The molecule has 0 aliphatic heterocycles. The Morgan fingerprint density at radius 1 is 0.421 bits per heavy atom. The SMILES string of the molecule is c1ccc(Nc2cccc(-c3cccc(-c4cccc5c4c4ccccc4n5-c4ccccc4)c3)c2)cc1. The molecule has 0 aliphatic carbocycles. The Morgan fingerprint density at radius 3 is 1.87 bits per heavy atom. The second-order valence-electron chi connectivity index (χ2n) is 9.54. The van der Waals surface area contributed by atoms with Gasteiger partial charge in [-0.25, -0.2) is 0 Å². The van der Waals surface area contributed by atoms with E-state index < -0.39 is 0 Å². The third-order valence-corrected chi connectivity index (χ3v) is 7.14. The smallest absolute Gasteiger partial charge is 0.0547 e. The van der Waals surface area contributed by atoms with Crippen molar-refractivity contribution in [3.05, 3.63) is 152 Å². The molecule has 0 amide bonds. The minimum atomic E-state index is 1.08. The normalized spacial score (nSPS) is 11.2. The van der Waals surface area contributed by atoms with Gasteiger partial charge >= 0.3 is 0 Å². The van der Waals surface area contributed by atoms with Crippen LogP contribution in [-0.2, 0) is 0 Å². The van der Waals surface area contributed by atoms with Crippen molar-refractivity contribution < 1.29 is 0 Å². The van der Waals surface area contributed by atoms with Crippen molar-refractivity contribution in [2.45, 2.75) is 0 Å². The number of nitrogens with zero attached hydrogens (tertiary/aromatic N) is 1. The lowest BCUT2D eigenvalue weighted by Gasteiger charge is -2.11. The molecule has 0 bridgehead atoms. The number of benzene rings is 6. The van der Waals surface area contributed by atoms with Gasteiger partial charge in [-0.3, -0.25) is 0 Å². The summed E-state index contributed by atoms with van der Waals surface area (Å²) in [5.41, 5.74) is 10.6. The molecule has 2 nitrogen and oxygen atoms in total. The number of rotatable bonds is 5. The summed E-state index contributed by atoms with van der Waals surface area (Å²) in [5.74, 6) is 0. The van der Waals surface area contributed by atoms with Crippen LogP contribution in [0.5, 0.6) is 0 Å². The van der Waals surface area contributed by atoms with Gasteiger partial charge in [0, 0.05) is 27.8 Å². The summed E-state index contributed by atoms with van der Waals surface area (Å²) in [5, 5.41) is 6.07. The second kappa shape index (κ2) is 9.42. The highest BCUT2D eigenvalue weighted by atomic mass is 15.0. The van der Waals surface area contributed by atoms with E-state index in [0.29, 0.717) is 0 Å². The Labute approximate surface area is 222 Å². The van der Waals surface area contributed by atoms with Crippen molar-refractivity contribution in [3.8, 4) is 27.9 Å². The Balaban J connectivity index is 1.36. The zero-order valence-electron chi connectivity index (χ0n) is 20.9. The van der Waals surface area contributed by atoms with Gasteiger partial charge in [-0.15, -0.1) is 0 Å². The van der Waals surface area contributed by atoms with E-state index in [0.717, 1.165) is 11.4 Å². The summed E-state index contributed by atoms with van der Waals surface area (Å²) in [7, 11) is 0. The fourth-order valence-corrected chi connectivity index (χ4v) is 5.45. The van der Waals surface area contributed by atoms with Crippen LogP contribution < -0.4 is 5.32 Å². The number of fused-ring (bicyclic) bond motifs is 3. The number of para-hydroxylation sites is 3. The highest BCUT2D eigenvalue weighted by molar-refractivity contribution is 6.15. The van der Waals surface area contributed by atoms with E-state index in [-0.39, 0.29) is 0 Å². The predicted molar refractivity (Wildman–Crippen MR) is 161 cm³/mol. The third-order valence-electron chi connectivity index (χ3n) is 7.14. The van der Waals surface area contributed by atoms with E-state index in [9.17, 15) is 0 Å². The fourth-order valence-electron chi connectivity index (χ4n) is 5.45. The van der Waals surface area contributed by atoms with Crippen LogP contribution in [0.15, 0.2) is 152 Å². The standard InChI is InChI=1S/C36H26N2/c1-3-15-29(16-4-1)37-30-17-10-13-27(25-30)26-12-9-14-28(24-26)32-21-11-23-35-36(32)33-20-7-8-22-34(33)38(35)31-18-5-2-6-19-31/h1-25,37H. The first-order chi connectivity index (χ1) is 18.8. The summed E-state index contributed by atoms with van der Waals surface area (Å²) in [6, 6.07) is 53.8. The Kier molecular flexibility index (Phi) is 5.49. The van der Waals surface area contributed by atoms with E-state index in [4.69, 9.17) is 0 Å². The van der Waals surface area contributed by atoms with Gasteiger partial charge in [-0.05, 0) is 76.9 Å². The van der Waals surface area contributed by atoms with Crippen LogP contribution >= 0.6 is 0 Å². The molecule has 0 saturated carbocycles. The van der Waals surface area contributed by atoms with Crippen molar-refractivity contribution in [1.29, 1.82) is 0 Å². The molecule has 0 aliphatic rings. The van der Waals surface area contributed by atoms with Crippen LogP contribution in [0.1, 0.15) is 0 Å². The van der Waals surface area contributed by atoms with Crippen LogP contribution in [0.4, 0.5) is 11.4 Å². The fraction of sp³-hybridized carbons (Fsp3) is 0. The second-order valence-corrected chi connectivity index (χ2v) is 9.54. The van der Waals surface area contributed by atoms with Crippen LogP contribution in [0.2, 0.25) is 0 Å². The average molecular weight is 487 g/mol. The number of nitrogens with one attached hydrogen (secondary N) is 1. The number of anilines is 2. The van der Waals surface area contributed by atoms with Crippen molar-refractivity contribution in [3.63, 3.8) is 0 Å². The maximum absolute atomic E-state index is 3.52. The first kappa shape index (κ1) is 22.1. The molecule has 0 atom stereocenters. The van der Waals surface area contributed by atoms with E-state index in [2.05, 4.69) is 143 Å². The molecule has 0 radical (unpaired) electrons. The van der Waals surface area contributed by atoms with Gasteiger partial charge < -0.3 is 9.88 Å². The molecule has 0 saturated heterocycles. The Morgan fingerprint density at radius 2 is 1.03 bits per heavy atom. The van der Waals surface area contributed by atoms with Gasteiger partial charge in [-0.2, -0.15) is 0 Å². The lowest BCUT2D eigenvalue weighted by atomic mass is 9.95. The maximum atomic E-state index is 3.52. The van der Waals surface area contributed by atoms with Gasteiger partial charge in [0.2, 0.25) is 0 Å². The molecule has 2 heteroatoms.